The molecule has 1 heterocycles. The summed E-state index contributed by atoms with van der Waals surface area (Å²) in [6.45, 7) is 3.19. The molecular weight excluding hydrogens is 462 g/mol. The molecule has 0 radical (unpaired) electrons. The van der Waals surface area contributed by atoms with Crippen molar-refractivity contribution in [2.75, 3.05) is 11.9 Å². The van der Waals surface area contributed by atoms with Crippen LogP contribution in [0.1, 0.15) is 34.6 Å². The predicted molar refractivity (Wildman–Crippen MR) is 137 cm³/mol. The van der Waals surface area contributed by atoms with Crippen LogP contribution in [0.3, 0.4) is 0 Å². The Morgan fingerprint density at radius 2 is 1.46 bits per heavy atom. The van der Waals surface area contributed by atoms with Gasteiger partial charge >= 0.3 is 11.9 Å². The fraction of sp³-hybridized carbons (Fsp3) is 0.107. The van der Waals surface area contributed by atoms with E-state index in [0.29, 0.717) is 10.6 Å². The van der Waals surface area contributed by atoms with Gasteiger partial charge in [0.05, 0.1) is 12.2 Å². The number of anilines is 1. The Bertz CT molecular complexity index is 1360. The summed E-state index contributed by atoms with van der Waals surface area (Å²) in [5, 5.41) is 4.97. The van der Waals surface area contributed by atoms with E-state index in [1.807, 2.05) is 60.0 Å². The summed E-state index contributed by atoms with van der Waals surface area (Å²) in [6, 6.07) is 24.3. The lowest BCUT2D eigenvalue weighted by Gasteiger charge is -2.11. The molecule has 0 aliphatic heterocycles. The number of hydrogen-bond donors (Lipinski definition) is 1. The second-order valence-corrected chi connectivity index (χ2v) is 8.44. The van der Waals surface area contributed by atoms with Gasteiger partial charge in [0, 0.05) is 17.9 Å². The third-order valence-corrected chi connectivity index (χ3v) is 6.08. The molecule has 0 aliphatic carbocycles. The molecule has 4 rings (SSSR count). The minimum absolute atomic E-state index is 0.142. The highest BCUT2D eigenvalue weighted by Crippen LogP contribution is 2.37. The van der Waals surface area contributed by atoms with Crippen LogP contribution >= 0.6 is 11.3 Å². The van der Waals surface area contributed by atoms with Crippen molar-refractivity contribution in [2.45, 2.75) is 13.8 Å². The van der Waals surface area contributed by atoms with E-state index in [0.717, 1.165) is 16.7 Å². The third-order valence-electron chi connectivity index (χ3n) is 5.19. The average Bonchev–Trinajstić information content (AvgIpc) is 3.28. The summed E-state index contributed by atoms with van der Waals surface area (Å²) >= 11 is 1.23. The number of amides is 1. The summed E-state index contributed by atoms with van der Waals surface area (Å²) in [6.07, 6.45) is 0. The standard InChI is InChI=1S/C28H23NO5S/c1-3-33-28(32)25-23(21-15-13-20(14-16-21)19-9-5-4-6-10-19)17-35-27(25)29-26(31)22-11-7-8-12-24(22)34-18(2)30/h4-17H,3H2,1-2H3,(H,29,31). The number of carbonyl (C=O) groups excluding carboxylic acids is 3. The lowest BCUT2D eigenvalue weighted by Crippen LogP contribution is -2.16. The summed E-state index contributed by atoms with van der Waals surface area (Å²) in [4.78, 5) is 37.4. The van der Waals surface area contributed by atoms with E-state index in [1.54, 1.807) is 25.1 Å². The van der Waals surface area contributed by atoms with Gasteiger partial charge in [-0.05, 0) is 35.7 Å². The lowest BCUT2D eigenvalue weighted by atomic mass is 9.99. The Morgan fingerprint density at radius 3 is 2.14 bits per heavy atom. The second-order valence-electron chi connectivity index (χ2n) is 7.56. The molecule has 0 bridgehead atoms. The van der Waals surface area contributed by atoms with Crippen LogP contribution in [-0.4, -0.2) is 24.5 Å². The molecule has 0 aliphatic rings. The van der Waals surface area contributed by atoms with Gasteiger partial charge < -0.3 is 14.8 Å². The average molecular weight is 486 g/mol. The van der Waals surface area contributed by atoms with Gasteiger partial charge in [-0.2, -0.15) is 0 Å². The molecule has 35 heavy (non-hydrogen) atoms. The topological polar surface area (TPSA) is 81.7 Å². The zero-order valence-electron chi connectivity index (χ0n) is 19.2. The van der Waals surface area contributed by atoms with Crippen molar-refractivity contribution in [1.82, 2.24) is 0 Å². The minimum atomic E-state index is -0.533. The largest absolute Gasteiger partial charge is 0.462 e. The fourth-order valence-corrected chi connectivity index (χ4v) is 4.56. The zero-order chi connectivity index (χ0) is 24.8. The number of thiophene rings is 1. The first kappa shape index (κ1) is 23.9. The minimum Gasteiger partial charge on any atom is -0.462 e. The number of esters is 2. The molecule has 1 N–H and O–H groups in total. The second kappa shape index (κ2) is 10.8. The van der Waals surface area contributed by atoms with E-state index >= 15 is 0 Å². The molecule has 6 nitrogen and oxygen atoms in total. The van der Waals surface area contributed by atoms with Gasteiger partial charge in [0.2, 0.25) is 0 Å². The maximum Gasteiger partial charge on any atom is 0.341 e. The summed E-state index contributed by atoms with van der Waals surface area (Å²) in [5.41, 5.74) is 4.09. The van der Waals surface area contributed by atoms with Crippen LogP contribution in [0.2, 0.25) is 0 Å². The number of benzene rings is 3. The van der Waals surface area contributed by atoms with Gasteiger partial charge in [-0.25, -0.2) is 4.79 Å². The van der Waals surface area contributed by atoms with Crippen LogP contribution < -0.4 is 10.1 Å². The first-order valence-electron chi connectivity index (χ1n) is 11.0. The fourth-order valence-electron chi connectivity index (χ4n) is 3.61. The van der Waals surface area contributed by atoms with Gasteiger partial charge in [0.15, 0.2) is 0 Å². The molecule has 0 unspecified atom stereocenters. The van der Waals surface area contributed by atoms with Crippen molar-refractivity contribution < 1.29 is 23.9 Å². The van der Waals surface area contributed by atoms with E-state index in [9.17, 15) is 14.4 Å². The molecule has 1 aromatic heterocycles. The first-order chi connectivity index (χ1) is 17.0. The molecule has 0 fully saturated rings. The molecule has 4 aromatic rings. The Labute approximate surface area is 207 Å². The smallest absolute Gasteiger partial charge is 0.341 e. The summed E-state index contributed by atoms with van der Waals surface area (Å²) < 4.78 is 10.4. The number of para-hydroxylation sites is 1. The Kier molecular flexibility index (Phi) is 7.38. The summed E-state index contributed by atoms with van der Waals surface area (Å²) in [7, 11) is 0. The van der Waals surface area contributed by atoms with Crippen LogP contribution in [-0.2, 0) is 9.53 Å². The molecule has 0 saturated heterocycles. The highest BCUT2D eigenvalue weighted by molar-refractivity contribution is 7.15. The molecular formula is C28H23NO5S. The van der Waals surface area contributed by atoms with Gasteiger partial charge in [-0.3, -0.25) is 9.59 Å². The van der Waals surface area contributed by atoms with Crippen LogP contribution in [0, 0.1) is 0 Å². The van der Waals surface area contributed by atoms with Crippen molar-refractivity contribution in [3.63, 3.8) is 0 Å². The van der Waals surface area contributed by atoms with Crippen molar-refractivity contribution in [3.8, 4) is 28.0 Å². The van der Waals surface area contributed by atoms with Gasteiger partial charge in [0.1, 0.15) is 16.3 Å². The third kappa shape index (κ3) is 5.47. The van der Waals surface area contributed by atoms with Crippen molar-refractivity contribution in [1.29, 1.82) is 0 Å². The number of carbonyl (C=O) groups is 3. The van der Waals surface area contributed by atoms with Crippen LogP contribution in [0.25, 0.3) is 22.3 Å². The molecule has 0 saturated carbocycles. The van der Waals surface area contributed by atoms with Crippen molar-refractivity contribution in [3.05, 3.63) is 95.4 Å². The molecule has 1 amide bonds. The number of hydrogen-bond acceptors (Lipinski definition) is 6. The molecule has 0 atom stereocenters. The van der Waals surface area contributed by atoms with Crippen LogP contribution in [0.5, 0.6) is 5.75 Å². The quantitative estimate of drug-likeness (QED) is 0.241. The number of ether oxygens (including phenoxy) is 2. The Balaban J connectivity index is 1.67. The molecule has 176 valence electrons. The van der Waals surface area contributed by atoms with Crippen LogP contribution in [0.15, 0.2) is 84.2 Å². The molecule has 0 spiro atoms. The Morgan fingerprint density at radius 1 is 0.829 bits per heavy atom. The Hall–Kier alpha value is -4.23. The van der Waals surface area contributed by atoms with E-state index in [-0.39, 0.29) is 23.5 Å². The lowest BCUT2D eigenvalue weighted by molar-refractivity contribution is -0.131. The van der Waals surface area contributed by atoms with Crippen LogP contribution in [0.4, 0.5) is 5.00 Å². The number of nitrogens with one attached hydrogen (secondary N) is 1. The molecule has 7 heteroatoms. The van der Waals surface area contributed by atoms with E-state index in [1.165, 1.54) is 24.3 Å². The molecule has 3 aromatic carbocycles. The highest BCUT2D eigenvalue weighted by atomic mass is 32.1. The first-order valence-corrected chi connectivity index (χ1v) is 11.9. The van der Waals surface area contributed by atoms with Gasteiger partial charge in [0.25, 0.3) is 5.91 Å². The van der Waals surface area contributed by atoms with Gasteiger partial charge in [-0.1, -0.05) is 66.7 Å². The van der Waals surface area contributed by atoms with Gasteiger partial charge in [-0.15, -0.1) is 11.3 Å². The van der Waals surface area contributed by atoms with E-state index in [2.05, 4.69) is 5.32 Å². The zero-order valence-corrected chi connectivity index (χ0v) is 20.1. The summed E-state index contributed by atoms with van der Waals surface area (Å²) in [5.74, 6) is -1.42. The normalized spacial score (nSPS) is 10.5. The predicted octanol–water partition coefficient (Wildman–Crippen LogP) is 6.44. The number of rotatable bonds is 7. The van der Waals surface area contributed by atoms with E-state index in [4.69, 9.17) is 9.47 Å². The van der Waals surface area contributed by atoms with Crippen molar-refractivity contribution >= 4 is 34.2 Å². The SMILES string of the molecule is CCOC(=O)c1c(-c2ccc(-c3ccccc3)cc2)csc1NC(=O)c1ccccc1OC(C)=O. The highest BCUT2D eigenvalue weighted by Gasteiger charge is 2.24. The van der Waals surface area contributed by atoms with Crippen molar-refractivity contribution in [2.24, 2.45) is 0 Å². The maximum atomic E-state index is 13.0. The van der Waals surface area contributed by atoms with E-state index < -0.39 is 17.8 Å². The maximum absolute atomic E-state index is 13.0. The monoisotopic (exact) mass is 485 g/mol.